The maximum absolute atomic E-state index is 12.8. The van der Waals surface area contributed by atoms with Crippen LogP contribution >= 0.6 is 23.2 Å². The van der Waals surface area contributed by atoms with Gasteiger partial charge in [0.2, 0.25) is 0 Å². The molecule has 0 saturated carbocycles. The van der Waals surface area contributed by atoms with Crippen molar-refractivity contribution >= 4 is 40.7 Å². The number of rotatable bonds is 6. The fourth-order valence-electron chi connectivity index (χ4n) is 3.29. The Morgan fingerprint density at radius 1 is 1.10 bits per heavy atom. The Morgan fingerprint density at radius 3 is 2.41 bits per heavy atom. The molecule has 8 heteroatoms. The maximum atomic E-state index is 12.8. The molecule has 6 nitrogen and oxygen atoms in total. The van der Waals surface area contributed by atoms with Gasteiger partial charge < -0.3 is 19.8 Å². The average Bonchev–Trinajstić information content (AvgIpc) is 2.95. The summed E-state index contributed by atoms with van der Waals surface area (Å²) < 4.78 is 5.04. The lowest BCUT2D eigenvalue weighted by Gasteiger charge is -2.25. The molecule has 1 fully saturated rings. The highest BCUT2D eigenvalue weighted by Crippen LogP contribution is 2.40. The molecule has 1 unspecified atom stereocenters. The zero-order valence-electron chi connectivity index (χ0n) is 15.6. The number of phenols is 1. The van der Waals surface area contributed by atoms with Gasteiger partial charge in [-0.05, 0) is 42.3 Å². The predicted octanol–water partition coefficient (Wildman–Crippen LogP) is 4.16. The minimum atomic E-state index is -0.804. The minimum absolute atomic E-state index is 0.0449. The first-order valence-electron chi connectivity index (χ1n) is 8.87. The molecule has 1 amide bonds. The van der Waals surface area contributed by atoms with E-state index in [1.54, 1.807) is 19.2 Å². The van der Waals surface area contributed by atoms with Crippen LogP contribution in [0.5, 0.6) is 5.75 Å². The van der Waals surface area contributed by atoms with Crippen LogP contribution in [-0.2, 0) is 14.3 Å². The van der Waals surface area contributed by atoms with Crippen molar-refractivity contribution < 1.29 is 24.5 Å². The van der Waals surface area contributed by atoms with Gasteiger partial charge in [0, 0.05) is 25.8 Å². The number of carbonyl (C=O) groups excluding carboxylic acids is 2. The molecule has 0 spiro atoms. The number of aliphatic hydroxyl groups excluding tert-OH is 1. The monoisotopic (exact) mass is 435 g/mol. The van der Waals surface area contributed by atoms with Gasteiger partial charge in [-0.15, -0.1) is 0 Å². The molecule has 1 saturated heterocycles. The molecule has 0 aliphatic carbocycles. The summed E-state index contributed by atoms with van der Waals surface area (Å²) >= 11 is 12.0. The van der Waals surface area contributed by atoms with Crippen LogP contribution in [0, 0.1) is 0 Å². The molecule has 1 atom stereocenters. The van der Waals surface area contributed by atoms with Crippen molar-refractivity contribution in [3.63, 3.8) is 0 Å². The van der Waals surface area contributed by atoms with E-state index in [9.17, 15) is 19.8 Å². The van der Waals surface area contributed by atoms with Crippen LogP contribution in [0.25, 0.3) is 5.76 Å². The van der Waals surface area contributed by atoms with E-state index in [1.165, 1.54) is 35.2 Å². The van der Waals surface area contributed by atoms with Gasteiger partial charge in [-0.1, -0.05) is 35.3 Å². The Labute approximate surface area is 177 Å². The van der Waals surface area contributed by atoms with Crippen LogP contribution in [0.15, 0.2) is 48.0 Å². The van der Waals surface area contributed by atoms with E-state index in [1.807, 2.05) is 0 Å². The van der Waals surface area contributed by atoms with Crippen molar-refractivity contribution in [3.05, 3.63) is 69.2 Å². The van der Waals surface area contributed by atoms with Gasteiger partial charge in [-0.2, -0.15) is 0 Å². The summed E-state index contributed by atoms with van der Waals surface area (Å²) in [5, 5.41) is 21.0. The highest BCUT2D eigenvalue weighted by atomic mass is 35.5. The van der Waals surface area contributed by atoms with E-state index >= 15 is 0 Å². The highest BCUT2D eigenvalue weighted by Gasteiger charge is 2.45. The van der Waals surface area contributed by atoms with E-state index in [2.05, 4.69) is 0 Å². The number of Topliss-reactive ketones (excluding diaryl/α,β-unsaturated/α-hetero) is 1. The third-order valence-electron chi connectivity index (χ3n) is 4.69. The van der Waals surface area contributed by atoms with Crippen molar-refractivity contribution in [2.45, 2.75) is 12.5 Å². The summed E-state index contributed by atoms with van der Waals surface area (Å²) in [5.74, 6) is -1.78. The summed E-state index contributed by atoms with van der Waals surface area (Å²) in [6.45, 7) is 0.681. The van der Waals surface area contributed by atoms with Crippen molar-refractivity contribution in [1.29, 1.82) is 0 Å². The average molecular weight is 436 g/mol. The normalized spacial score (nSPS) is 18.4. The molecule has 152 valence electrons. The van der Waals surface area contributed by atoms with E-state index in [4.69, 9.17) is 27.9 Å². The van der Waals surface area contributed by atoms with Crippen LogP contribution in [0.4, 0.5) is 0 Å². The number of carbonyl (C=O) groups is 2. The van der Waals surface area contributed by atoms with Gasteiger partial charge >= 0.3 is 0 Å². The van der Waals surface area contributed by atoms with Gasteiger partial charge in [0.05, 0.1) is 21.7 Å². The lowest BCUT2D eigenvalue weighted by Crippen LogP contribution is -2.31. The molecule has 2 N–H and O–H groups in total. The number of aliphatic hydroxyl groups is 1. The molecule has 2 aromatic rings. The zero-order valence-corrected chi connectivity index (χ0v) is 17.1. The number of halogens is 2. The fraction of sp³-hybridized carbons (Fsp3) is 0.238. The molecule has 1 heterocycles. The largest absolute Gasteiger partial charge is 0.508 e. The third-order valence-corrected chi connectivity index (χ3v) is 5.43. The number of ether oxygens (including phenoxy) is 1. The lowest BCUT2D eigenvalue weighted by atomic mass is 9.95. The molecule has 2 aromatic carbocycles. The van der Waals surface area contributed by atoms with Crippen LogP contribution in [0.3, 0.4) is 0 Å². The highest BCUT2D eigenvalue weighted by molar-refractivity contribution is 6.46. The standard InChI is InChI=1S/C21H19Cl2NO5/c1-29-10-2-9-24-18(12-3-6-14(25)7-4-12)17(20(27)21(24)28)19(26)13-5-8-15(22)16(23)11-13/h3-8,11,18,25-26H,2,9-10H2,1H3/b19-17-. The van der Waals surface area contributed by atoms with Crippen LogP contribution in [0.2, 0.25) is 10.0 Å². The second-order valence-electron chi connectivity index (χ2n) is 6.56. The number of aromatic hydroxyl groups is 1. The number of likely N-dealkylation sites (tertiary alicyclic amines) is 1. The quantitative estimate of drug-likeness (QED) is 0.308. The van der Waals surface area contributed by atoms with Gasteiger partial charge in [0.15, 0.2) is 0 Å². The van der Waals surface area contributed by atoms with Crippen LogP contribution in [0.1, 0.15) is 23.6 Å². The summed E-state index contributed by atoms with van der Waals surface area (Å²) in [4.78, 5) is 26.9. The number of amides is 1. The van der Waals surface area contributed by atoms with Gasteiger partial charge in [0.1, 0.15) is 11.5 Å². The van der Waals surface area contributed by atoms with Gasteiger partial charge in [-0.3, -0.25) is 9.59 Å². The Morgan fingerprint density at radius 2 is 1.79 bits per heavy atom. The molecular weight excluding hydrogens is 417 g/mol. The van der Waals surface area contributed by atoms with Crippen molar-refractivity contribution in [2.75, 3.05) is 20.3 Å². The molecule has 1 aliphatic rings. The van der Waals surface area contributed by atoms with Gasteiger partial charge in [-0.25, -0.2) is 0 Å². The van der Waals surface area contributed by atoms with Crippen molar-refractivity contribution in [1.82, 2.24) is 4.90 Å². The van der Waals surface area contributed by atoms with E-state index in [0.29, 0.717) is 23.6 Å². The molecule has 1 aliphatic heterocycles. The van der Waals surface area contributed by atoms with Crippen LogP contribution in [-0.4, -0.2) is 47.1 Å². The van der Waals surface area contributed by atoms with Gasteiger partial charge in [0.25, 0.3) is 11.7 Å². The molecule has 0 aromatic heterocycles. The van der Waals surface area contributed by atoms with Crippen molar-refractivity contribution in [2.24, 2.45) is 0 Å². The summed E-state index contributed by atoms with van der Waals surface area (Å²) in [6.07, 6.45) is 0.519. The number of methoxy groups -OCH3 is 1. The maximum Gasteiger partial charge on any atom is 0.295 e. The zero-order chi connectivity index (χ0) is 21.1. The SMILES string of the molecule is COCCCN1C(=O)C(=O)/C(=C(\O)c2ccc(Cl)c(Cl)c2)C1c1ccc(O)cc1. The van der Waals surface area contributed by atoms with E-state index < -0.39 is 17.7 Å². The second kappa shape index (κ2) is 8.86. The molecule has 0 radical (unpaired) electrons. The topological polar surface area (TPSA) is 87.1 Å². The Balaban J connectivity index is 2.13. The summed E-state index contributed by atoms with van der Waals surface area (Å²) in [6, 6.07) is 9.80. The number of nitrogens with zero attached hydrogens (tertiary/aromatic N) is 1. The second-order valence-corrected chi connectivity index (χ2v) is 7.37. The molecular formula is C21H19Cl2NO5. The smallest absolute Gasteiger partial charge is 0.295 e. The molecule has 29 heavy (non-hydrogen) atoms. The molecule has 0 bridgehead atoms. The van der Waals surface area contributed by atoms with Crippen molar-refractivity contribution in [3.8, 4) is 5.75 Å². The first-order chi connectivity index (χ1) is 13.8. The number of benzene rings is 2. The van der Waals surface area contributed by atoms with Crippen LogP contribution < -0.4 is 0 Å². The lowest BCUT2D eigenvalue weighted by molar-refractivity contribution is -0.140. The first kappa shape index (κ1) is 21.2. The summed E-state index contributed by atoms with van der Waals surface area (Å²) in [7, 11) is 1.55. The number of ketones is 1. The Hall–Kier alpha value is -2.54. The third kappa shape index (κ3) is 4.24. The minimum Gasteiger partial charge on any atom is -0.508 e. The Kier molecular flexibility index (Phi) is 6.47. The first-order valence-corrected chi connectivity index (χ1v) is 9.62. The predicted molar refractivity (Wildman–Crippen MR) is 110 cm³/mol. The number of hydrogen-bond acceptors (Lipinski definition) is 5. The summed E-state index contributed by atoms with van der Waals surface area (Å²) in [5.41, 5.74) is 0.815. The van der Waals surface area contributed by atoms with E-state index in [0.717, 1.165) is 0 Å². The number of phenolic OH excluding ortho intramolecular Hbond substituents is 1. The Bertz CT molecular complexity index is 972. The fourth-order valence-corrected chi connectivity index (χ4v) is 3.59. The van der Waals surface area contributed by atoms with E-state index in [-0.39, 0.29) is 34.2 Å². The molecule has 3 rings (SSSR count). The number of hydrogen-bond donors (Lipinski definition) is 2.